The molecule has 11 heavy (non-hydrogen) atoms. The predicted molar refractivity (Wildman–Crippen MR) is 35.8 cm³/mol. The van der Waals surface area contributed by atoms with E-state index in [1.807, 2.05) is 0 Å². The Bertz CT molecular complexity index is 116. The van der Waals surface area contributed by atoms with E-state index < -0.39 is 24.9 Å². The minimum Gasteiger partial charge on any atom is -0.394 e. The lowest BCUT2D eigenvalue weighted by molar-refractivity contribution is -0.115. The molecule has 66 valence electrons. The van der Waals surface area contributed by atoms with Gasteiger partial charge in [-0.05, 0) is 0 Å². The summed E-state index contributed by atoms with van der Waals surface area (Å²) < 4.78 is 0. The zero-order chi connectivity index (χ0) is 8.85. The fourth-order valence-electron chi connectivity index (χ4n) is 0.602. The normalized spacial score (nSPS) is 18.9. The maximum absolute atomic E-state index is 9.82. The van der Waals surface area contributed by atoms with Gasteiger partial charge in [-0.1, -0.05) is 0 Å². The van der Waals surface area contributed by atoms with Crippen LogP contribution in [-0.4, -0.2) is 51.6 Å². The molecule has 5 nitrogen and oxygen atoms in total. The van der Waals surface area contributed by atoms with Crippen molar-refractivity contribution in [2.45, 2.75) is 24.7 Å². The highest BCUT2D eigenvalue weighted by molar-refractivity contribution is 5.50. The van der Waals surface area contributed by atoms with Crippen molar-refractivity contribution in [3.8, 4) is 0 Å². The minimum absolute atomic E-state index is 0.252. The number of carbonyl (C=O) groups excluding carboxylic acids is 1. The van der Waals surface area contributed by atoms with Crippen molar-refractivity contribution in [2.24, 2.45) is 0 Å². The summed E-state index contributed by atoms with van der Waals surface area (Å²) in [6, 6.07) is 0. The van der Waals surface area contributed by atoms with E-state index >= 15 is 0 Å². The van der Waals surface area contributed by atoms with Gasteiger partial charge in [-0.25, -0.2) is 0 Å². The summed E-state index contributed by atoms with van der Waals surface area (Å²) in [5, 5.41) is 34.8. The van der Waals surface area contributed by atoms with Crippen LogP contribution in [0, 0.1) is 0 Å². The van der Waals surface area contributed by atoms with E-state index in [4.69, 9.17) is 20.4 Å². The van der Waals surface area contributed by atoms with Gasteiger partial charge in [0.25, 0.3) is 0 Å². The highest BCUT2D eigenvalue weighted by atomic mass is 16.4. The SMILES string of the molecule is O=CCC(O)[C@@H](O)[C@@H](O)CO. The highest BCUT2D eigenvalue weighted by Crippen LogP contribution is 2.01. The lowest BCUT2D eigenvalue weighted by Gasteiger charge is -2.19. The molecule has 3 atom stereocenters. The summed E-state index contributed by atoms with van der Waals surface area (Å²) in [5.41, 5.74) is 0. The summed E-state index contributed by atoms with van der Waals surface area (Å²) in [5.74, 6) is 0. The Hall–Kier alpha value is -0.490. The lowest BCUT2D eigenvalue weighted by Crippen LogP contribution is -2.39. The molecule has 0 rings (SSSR count). The number of aliphatic hydroxyl groups is 4. The summed E-state index contributed by atoms with van der Waals surface area (Å²) in [6.45, 7) is -0.642. The monoisotopic (exact) mass is 164 g/mol. The Morgan fingerprint density at radius 2 is 1.73 bits per heavy atom. The fraction of sp³-hybridized carbons (Fsp3) is 0.833. The Morgan fingerprint density at radius 3 is 2.09 bits per heavy atom. The Kier molecular flexibility index (Phi) is 4.97. The molecule has 0 aromatic carbocycles. The van der Waals surface area contributed by atoms with Crippen LogP contribution in [-0.2, 0) is 4.79 Å². The molecule has 1 unspecified atom stereocenters. The first-order valence-corrected chi connectivity index (χ1v) is 3.22. The van der Waals surface area contributed by atoms with E-state index in [0.717, 1.165) is 0 Å². The number of aliphatic hydroxyl groups excluding tert-OH is 4. The van der Waals surface area contributed by atoms with E-state index in [2.05, 4.69) is 0 Å². The number of carbonyl (C=O) groups is 1. The van der Waals surface area contributed by atoms with E-state index in [1.165, 1.54) is 0 Å². The summed E-state index contributed by atoms with van der Waals surface area (Å²) in [6.07, 6.45) is -4.00. The van der Waals surface area contributed by atoms with E-state index in [0.29, 0.717) is 6.29 Å². The molecule has 5 heteroatoms. The van der Waals surface area contributed by atoms with Crippen LogP contribution in [0.2, 0.25) is 0 Å². The third kappa shape index (κ3) is 3.43. The average Bonchev–Trinajstić information content (AvgIpc) is 2.02. The van der Waals surface area contributed by atoms with Gasteiger partial charge in [0.05, 0.1) is 12.7 Å². The highest BCUT2D eigenvalue weighted by Gasteiger charge is 2.23. The molecule has 0 radical (unpaired) electrons. The molecular weight excluding hydrogens is 152 g/mol. The Morgan fingerprint density at radius 1 is 1.18 bits per heavy atom. The standard InChI is InChI=1S/C6H12O5/c7-2-1-4(9)6(11)5(10)3-8/h2,4-6,8-11H,1,3H2/t4?,5-,6+/m0/s1. The fourth-order valence-corrected chi connectivity index (χ4v) is 0.602. The van der Waals surface area contributed by atoms with Crippen LogP contribution < -0.4 is 0 Å². The molecule has 0 saturated carbocycles. The van der Waals surface area contributed by atoms with Gasteiger partial charge in [0, 0.05) is 6.42 Å². The second kappa shape index (κ2) is 5.20. The van der Waals surface area contributed by atoms with Gasteiger partial charge in [-0.3, -0.25) is 0 Å². The Balaban J connectivity index is 3.79. The molecule has 0 aliphatic carbocycles. The minimum atomic E-state index is -1.47. The number of hydrogen-bond donors (Lipinski definition) is 4. The van der Waals surface area contributed by atoms with Crippen molar-refractivity contribution in [2.75, 3.05) is 6.61 Å². The molecule has 0 amide bonds. The number of rotatable bonds is 5. The van der Waals surface area contributed by atoms with Crippen LogP contribution in [0.4, 0.5) is 0 Å². The second-order valence-corrected chi connectivity index (χ2v) is 2.21. The molecule has 0 aliphatic rings. The van der Waals surface area contributed by atoms with Crippen LogP contribution in [0.1, 0.15) is 6.42 Å². The van der Waals surface area contributed by atoms with Gasteiger partial charge in [0.15, 0.2) is 0 Å². The van der Waals surface area contributed by atoms with Gasteiger partial charge < -0.3 is 25.2 Å². The summed E-state index contributed by atoms with van der Waals surface area (Å²) >= 11 is 0. The van der Waals surface area contributed by atoms with Gasteiger partial charge in [0.1, 0.15) is 18.5 Å². The van der Waals surface area contributed by atoms with Crippen molar-refractivity contribution in [1.82, 2.24) is 0 Å². The largest absolute Gasteiger partial charge is 0.394 e. The van der Waals surface area contributed by atoms with Crippen LogP contribution in [0.15, 0.2) is 0 Å². The van der Waals surface area contributed by atoms with Crippen molar-refractivity contribution in [3.63, 3.8) is 0 Å². The molecule has 0 heterocycles. The zero-order valence-electron chi connectivity index (χ0n) is 5.92. The lowest BCUT2D eigenvalue weighted by atomic mass is 10.1. The van der Waals surface area contributed by atoms with Crippen LogP contribution in [0.5, 0.6) is 0 Å². The molecule has 0 fully saturated rings. The third-order valence-corrected chi connectivity index (χ3v) is 1.31. The van der Waals surface area contributed by atoms with Gasteiger partial charge in [0.2, 0.25) is 0 Å². The maximum atomic E-state index is 9.82. The van der Waals surface area contributed by atoms with Crippen LogP contribution in [0.3, 0.4) is 0 Å². The van der Waals surface area contributed by atoms with Gasteiger partial charge >= 0.3 is 0 Å². The smallest absolute Gasteiger partial charge is 0.122 e. The Labute approximate surface area is 63.9 Å². The van der Waals surface area contributed by atoms with E-state index in [9.17, 15) is 4.79 Å². The number of aldehydes is 1. The topological polar surface area (TPSA) is 98.0 Å². The van der Waals surface area contributed by atoms with Crippen LogP contribution >= 0.6 is 0 Å². The van der Waals surface area contributed by atoms with Crippen molar-refractivity contribution in [1.29, 1.82) is 0 Å². The summed E-state index contributed by atoms with van der Waals surface area (Å²) in [7, 11) is 0. The number of hydrogen-bond acceptors (Lipinski definition) is 5. The second-order valence-electron chi connectivity index (χ2n) is 2.21. The maximum Gasteiger partial charge on any atom is 0.122 e. The van der Waals surface area contributed by atoms with Crippen molar-refractivity contribution < 1.29 is 25.2 Å². The first-order chi connectivity index (χ1) is 5.13. The summed E-state index contributed by atoms with van der Waals surface area (Å²) in [4.78, 5) is 9.82. The molecule has 0 bridgehead atoms. The quantitative estimate of drug-likeness (QED) is 0.341. The molecule has 0 aromatic rings. The average molecular weight is 164 g/mol. The van der Waals surface area contributed by atoms with Crippen molar-refractivity contribution in [3.05, 3.63) is 0 Å². The molecular formula is C6H12O5. The first kappa shape index (κ1) is 10.5. The van der Waals surface area contributed by atoms with Crippen molar-refractivity contribution >= 4 is 6.29 Å². The molecule has 0 spiro atoms. The van der Waals surface area contributed by atoms with Crippen LogP contribution in [0.25, 0.3) is 0 Å². The third-order valence-electron chi connectivity index (χ3n) is 1.31. The van der Waals surface area contributed by atoms with E-state index in [-0.39, 0.29) is 6.42 Å². The molecule has 0 saturated heterocycles. The first-order valence-electron chi connectivity index (χ1n) is 3.22. The van der Waals surface area contributed by atoms with E-state index in [1.54, 1.807) is 0 Å². The predicted octanol–water partition coefficient (Wildman–Crippen LogP) is -2.35. The molecule has 0 aromatic heterocycles. The molecule has 0 aliphatic heterocycles. The zero-order valence-corrected chi connectivity index (χ0v) is 5.92. The van der Waals surface area contributed by atoms with Gasteiger partial charge in [-0.2, -0.15) is 0 Å². The molecule has 4 N–H and O–H groups in total. The van der Waals surface area contributed by atoms with Gasteiger partial charge in [-0.15, -0.1) is 0 Å².